The number of carboxylic acids is 1. The lowest BCUT2D eigenvalue weighted by molar-refractivity contribution is -0.275. The third kappa shape index (κ3) is 7.73. The summed E-state index contributed by atoms with van der Waals surface area (Å²) in [6.07, 6.45) is 1.23. The highest BCUT2D eigenvalue weighted by atomic mass is 16.7. The first-order valence-corrected chi connectivity index (χ1v) is 12.2. The number of ether oxygens (including phenoxy) is 2. The van der Waals surface area contributed by atoms with Gasteiger partial charge in [-0.05, 0) is 36.7 Å². The van der Waals surface area contributed by atoms with E-state index in [4.69, 9.17) is 14.6 Å². The molecule has 0 saturated carbocycles. The van der Waals surface area contributed by atoms with Crippen molar-refractivity contribution in [1.29, 1.82) is 0 Å². The fraction of sp³-hybridized carbons (Fsp3) is 0.429. The van der Waals surface area contributed by atoms with Gasteiger partial charge < -0.3 is 29.9 Å². The Balaban J connectivity index is 1.80. The van der Waals surface area contributed by atoms with Crippen LogP contribution in [0.2, 0.25) is 0 Å². The maximum atomic E-state index is 12.3. The third-order valence-electron chi connectivity index (χ3n) is 6.29. The molecule has 1 fully saturated rings. The minimum Gasteiger partial charge on any atom is -0.481 e. The van der Waals surface area contributed by atoms with Crippen LogP contribution < -0.4 is 5.32 Å². The number of hydrogen-bond acceptors (Lipinski definition) is 6. The average molecular weight is 497 g/mol. The van der Waals surface area contributed by atoms with Gasteiger partial charge in [0.05, 0.1) is 18.8 Å². The predicted molar refractivity (Wildman–Crippen MR) is 137 cm³/mol. The monoisotopic (exact) mass is 496 g/mol. The number of hydrogen-bond donors (Lipinski definition) is 3. The van der Waals surface area contributed by atoms with Crippen LogP contribution in [0, 0.1) is 5.92 Å². The quantitative estimate of drug-likeness (QED) is 0.376. The number of nitrogens with one attached hydrogen (secondary N) is 1. The first-order valence-electron chi connectivity index (χ1n) is 12.2. The van der Waals surface area contributed by atoms with E-state index in [1.54, 1.807) is 6.07 Å². The molecule has 4 atom stereocenters. The smallest absolute Gasteiger partial charge is 0.303 e. The zero-order valence-electron chi connectivity index (χ0n) is 20.9. The molecule has 1 aliphatic rings. The lowest BCUT2D eigenvalue weighted by Crippen LogP contribution is -2.43. The highest BCUT2D eigenvalue weighted by molar-refractivity contribution is 5.90. The molecule has 36 heavy (non-hydrogen) atoms. The number of aliphatic hydroxyl groups excluding tert-OH is 1. The number of anilines is 1. The molecule has 0 bridgehead atoms. The Morgan fingerprint density at radius 1 is 1.11 bits per heavy atom. The summed E-state index contributed by atoms with van der Waals surface area (Å²) in [5.74, 6) is -1.09. The number of aliphatic carboxylic acids is 1. The second-order valence-corrected chi connectivity index (χ2v) is 9.25. The average Bonchev–Trinajstić information content (AvgIpc) is 2.85. The summed E-state index contributed by atoms with van der Waals surface area (Å²) in [6.45, 7) is 7.34. The lowest BCUT2D eigenvalue weighted by atomic mass is 9.90. The van der Waals surface area contributed by atoms with E-state index in [1.165, 1.54) is 0 Å². The van der Waals surface area contributed by atoms with Crippen LogP contribution in [-0.4, -0.2) is 53.2 Å². The van der Waals surface area contributed by atoms with Crippen LogP contribution in [0.15, 0.2) is 61.2 Å². The summed E-state index contributed by atoms with van der Waals surface area (Å²) in [5, 5.41) is 21.0. The molecule has 0 aromatic heterocycles. The van der Waals surface area contributed by atoms with Gasteiger partial charge in [-0.25, -0.2) is 0 Å². The summed E-state index contributed by atoms with van der Waals surface area (Å²) in [5.41, 5.74) is 3.22. The van der Waals surface area contributed by atoms with E-state index >= 15 is 0 Å². The van der Waals surface area contributed by atoms with Crippen molar-refractivity contribution in [2.24, 2.45) is 5.92 Å². The molecule has 2 aromatic rings. The van der Waals surface area contributed by atoms with Crippen LogP contribution in [0.5, 0.6) is 0 Å². The molecule has 8 nitrogen and oxygen atoms in total. The molecule has 1 saturated heterocycles. The number of carboxylic acid groups (broad SMARTS) is 1. The summed E-state index contributed by atoms with van der Waals surface area (Å²) in [6, 6.07) is 15.1. The molecule has 0 unspecified atom stereocenters. The van der Waals surface area contributed by atoms with Crippen molar-refractivity contribution in [3.63, 3.8) is 0 Å². The molecule has 2 aromatic carbocycles. The molecule has 1 amide bonds. The molecular formula is C28H36N2O6. The molecule has 194 valence electrons. The van der Waals surface area contributed by atoms with E-state index in [0.29, 0.717) is 12.2 Å². The number of aliphatic hydroxyl groups is 1. The maximum absolute atomic E-state index is 12.3. The number of carbonyl (C=O) groups is 2. The van der Waals surface area contributed by atoms with Crippen molar-refractivity contribution in [1.82, 2.24) is 4.90 Å². The van der Waals surface area contributed by atoms with Gasteiger partial charge in [-0.15, -0.1) is 6.58 Å². The second-order valence-electron chi connectivity index (χ2n) is 9.25. The highest BCUT2D eigenvalue weighted by Crippen LogP contribution is 2.42. The summed E-state index contributed by atoms with van der Waals surface area (Å²) < 4.78 is 12.9. The van der Waals surface area contributed by atoms with Crippen molar-refractivity contribution < 1.29 is 29.3 Å². The minimum absolute atomic E-state index is 0.0170. The van der Waals surface area contributed by atoms with Crippen molar-refractivity contribution >= 4 is 17.6 Å². The highest BCUT2D eigenvalue weighted by Gasteiger charge is 2.38. The van der Waals surface area contributed by atoms with Crippen molar-refractivity contribution in [3.8, 4) is 0 Å². The Morgan fingerprint density at radius 2 is 1.86 bits per heavy atom. The summed E-state index contributed by atoms with van der Waals surface area (Å²) >= 11 is 0. The van der Waals surface area contributed by atoms with Gasteiger partial charge in [0.15, 0.2) is 6.29 Å². The minimum atomic E-state index is -0.917. The zero-order chi connectivity index (χ0) is 26.1. The van der Waals surface area contributed by atoms with Crippen LogP contribution in [-0.2, 0) is 25.7 Å². The molecule has 0 aliphatic carbocycles. The molecule has 1 aliphatic heterocycles. The fourth-order valence-electron chi connectivity index (χ4n) is 4.32. The molecule has 0 spiro atoms. The van der Waals surface area contributed by atoms with Crippen molar-refractivity contribution in [2.75, 3.05) is 25.5 Å². The number of amides is 1. The van der Waals surface area contributed by atoms with E-state index in [-0.39, 0.29) is 49.9 Å². The summed E-state index contributed by atoms with van der Waals surface area (Å²) in [4.78, 5) is 25.1. The van der Waals surface area contributed by atoms with Crippen molar-refractivity contribution in [2.45, 2.75) is 51.3 Å². The number of rotatable bonds is 12. The molecule has 0 radical (unpaired) electrons. The Kier molecular flexibility index (Phi) is 10.2. The van der Waals surface area contributed by atoms with Gasteiger partial charge in [0.1, 0.15) is 0 Å². The normalized spacial score (nSPS) is 21.8. The van der Waals surface area contributed by atoms with Gasteiger partial charge >= 0.3 is 5.97 Å². The molecule has 3 N–H and O–H groups in total. The largest absolute Gasteiger partial charge is 0.481 e. The van der Waals surface area contributed by atoms with Gasteiger partial charge in [0, 0.05) is 43.1 Å². The second kappa shape index (κ2) is 13.3. The lowest BCUT2D eigenvalue weighted by Gasteiger charge is -2.42. The first kappa shape index (κ1) is 27.5. The van der Waals surface area contributed by atoms with Crippen LogP contribution in [0.1, 0.15) is 55.3 Å². The Bertz CT molecular complexity index is 1020. The fourth-order valence-corrected chi connectivity index (χ4v) is 4.32. The van der Waals surface area contributed by atoms with Crippen LogP contribution in [0.4, 0.5) is 5.69 Å². The van der Waals surface area contributed by atoms with Crippen LogP contribution in [0.3, 0.4) is 0 Å². The van der Waals surface area contributed by atoms with Crippen LogP contribution >= 0.6 is 0 Å². The predicted octanol–water partition coefficient (Wildman–Crippen LogP) is 4.28. The topological polar surface area (TPSA) is 108 Å². The molecule has 1 heterocycles. The Labute approximate surface area is 212 Å². The van der Waals surface area contributed by atoms with E-state index < -0.39 is 12.3 Å². The number of benzene rings is 2. The maximum Gasteiger partial charge on any atom is 0.303 e. The summed E-state index contributed by atoms with van der Waals surface area (Å²) in [7, 11) is 2.02. The van der Waals surface area contributed by atoms with Gasteiger partial charge in [0.2, 0.25) is 5.91 Å². The molecule has 8 heteroatoms. The standard InChI is InChI=1S/C28H36N2O6/c1-4-15-30(3)17-24-19(2)27(21-13-11-20(18-31)12-14-21)36-28(35-24)22-7-5-8-23(16-22)29-25(32)9-6-10-26(33)34/h4-5,7-8,11-14,16,19,24,27-28,31H,1,6,9-10,15,17-18H2,2-3H3,(H,29,32)(H,33,34)/t19-,24+,27+,28+/m0/s1. The van der Waals surface area contributed by atoms with E-state index in [1.807, 2.05) is 55.6 Å². The van der Waals surface area contributed by atoms with Gasteiger partial charge in [0.25, 0.3) is 0 Å². The van der Waals surface area contributed by atoms with E-state index in [9.17, 15) is 14.7 Å². The van der Waals surface area contributed by atoms with Crippen molar-refractivity contribution in [3.05, 3.63) is 77.9 Å². The van der Waals surface area contributed by atoms with Gasteiger partial charge in [-0.3, -0.25) is 9.59 Å². The number of carbonyl (C=O) groups excluding carboxylic acids is 1. The van der Waals surface area contributed by atoms with E-state index in [0.717, 1.165) is 23.2 Å². The number of likely N-dealkylation sites (N-methyl/N-ethyl adjacent to an activating group) is 1. The first-order chi connectivity index (χ1) is 17.3. The molecule has 3 rings (SSSR count). The van der Waals surface area contributed by atoms with Crippen LogP contribution in [0.25, 0.3) is 0 Å². The van der Waals surface area contributed by atoms with E-state index in [2.05, 4.69) is 23.7 Å². The SMILES string of the molecule is C=CCN(C)C[C@H]1O[C@@H](c2cccc(NC(=O)CCCC(=O)O)c2)O[C@@H](c2ccc(CO)cc2)[C@H]1C. The number of nitrogens with zero attached hydrogens (tertiary/aromatic N) is 1. The zero-order valence-corrected chi connectivity index (χ0v) is 20.9. The van der Waals surface area contributed by atoms with Gasteiger partial charge in [-0.2, -0.15) is 0 Å². The third-order valence-corrected chi connectivity index (χ3v) is 6.29. The Morgan fingerprint density at radius 3 is 2.53 bits per heavy atom. The Hall–Kier alpha value is -3.04. The van der Waals surface area contributed by atoms with Gasteiger partial charge in [-0.1, -0.05) is 49.4 Å². The molecular weight excluding hydrogens is 460 g/mol.